The summed E-state index contributed by atoms with van der Waals surface area (Å²) in [6.07, 6.45) is 0.756. The Labute approximate surface area is 98.2 Å². The average Bonchev–Trinajstić information content (AvgIpc) is 2.64. The lowest BCUT2D eigenvalue weighted by Gasteiger charge is -2.06. The number of hydrogen-bond donors (Lipinski definition) is 1. The van der Waals surface area contributed by atoms with Crippen LogP contribution in [0.25, 0.3) is 0 Å². The third-order valence-corrected chi connectivity index (χ3v) is 3.26. The maximum Gasteiger partial charge on any atom is 0.307 e. The maximum absolute atomic E-state index is 11.7. The second kappa shape index (κ2) is 5.09. The van der Waals surface area contributed by atoms with Crippen LogP contribution in [0.5, 0.6) is 0 Å². The largest absolute Gasteiger partial charge is 0.330 e. The molecule has 0 atom stereocenters. The van der Waals surface area contributed by atoms with E-state index in [0.29, 0.717) is 13.1 Å². The van der Waals surface area contributed by atoms with Gasteiger partial charge in [0.05, 0.1) is 6.54 Å². The number of aromatic nitrogens is 1. The summed E-state index contributed by atoms with van der Waals surface area (Å²) in [5, 5.41) is 1.90. The Bertz CT molecular complexity index is 501. The van der Waals surface area contributed by atoms with Gasteiger partial charge in [-0.1, -0.05) is 41.7 Å². The van der Waals surface area contributed by atoms with Crippen LogP contribution in [0.15, 0.2) is 40.5 Å². The fourth-order valence-corrected chi connectivity index (χ4v) is 2.43. The molecule has 4 heteroatoms. The zero-order valence-corrected chi connectivity index (χ0v) is 9.74. The van der Waals surface area contributed by atoms with E-state index < -0.39 is 0 Å². The average molecular weight is 234 g/mol. The van der Waals surface area contributed by atoms with Gasteiger partial charge in [-0.15, -0.1) is 0 Å². The van der Waals surface area contributed by atoms with Gasteiger partial charge in [-0.25, -0.2) is 0 Å². The van der Waals surface area contributed by atoms with E-state index in [2.05, 4.69) is 0 Å². The van der Waals surface area contributed by atoms with E-state index in [0.717, 1.165) is 17.7 Å². The Balaban J connectivity index is 2.27. The molecule has 84 valence electrons. The molecule has 1 heterocycles. The van der Waals surface area contributed by atoms with Gasteiger partial charge in [0, 0.05) is 17.5 Å². The molecule has 0 spiro atoms. The molecule has 0 aliphatic rings. The summed E-state index contributed by atoms with van der Waals surface area (Å²) in [7, 11) is 0. The van der Waals surface area contributed by atoms with E-state index in [9.17, 15) is 4.79 Å². The standard InChI is InChI=1S/C12H14N2OS/c13-7-6-11-9-16-12(15)14(11)8-10-4-2-1-3-5-10/h1-5,9H,6-8,13H2. The van der Waals surface area contributed by atoms with Crippen molar-refractivity contribution in [2.24, 2.45) is 5.73 Å². The van der Waals surface area contributed by atoms with E-state index in [1.54, 1.807) is 4.57 Å². The fourth-order valence-electron chi connectivity index (χ4n) is 1.64. The first-order valence-corrected chi connectivity index (χ1v) is 6.10. The van der Waals surface area contributed by atoms with Crippen molar-refractivity contribution in [1.82, 2.24) is 4.57 Å². The lowest BCUT2D eigenvalue weighted by molar-refractivity contribution is 0.718. The molecular formula is C12H14N2OS. The summed E-state index contributed by atoms with van der Waals surface area (Å²) < 4.78 is 1.80. The highest BCUT2D eigenvalue weighted by Crippen LogP contribution is 2.07. The van der Waals surface area contributed by atoms with Crippen LogP contribution < -0.4 is 10.6 Å². The number of benzene rings is 1. The van der Waals surface area contributed by atoms with Crippen LogP contribution in [0.3, 0.4) is 0 Å². The number of nitrogens with zero attached hydrogens (tertiary/aromatic N) is 1. The molecule has 0 aliphatic heterocycles. The first kappa shape index (κ1) is 11.1. The fraction of sp³-hybridized carbons (Fsp3) is 0.250. The van der Waals surface area contributed by atoms with Crippen molar-refractivity contribution in [3.63, 3.8) is 0 Å². The predicted octanol–water partition coefficient (Wildman–Crippen LogP) is 1.46. The molecule has 2 N–H and O–H groups in total. The molecule has 0 fully saturated rings. The Kier molecular flexibility index (Phi) is 3.54. The number of rotatable bonds is 4. The molecule has 2 rings (SSSR count). The van der Waals surface area contributed by atoms with Crippen LogP contribution in [-0.4, -0.2) is 11.1 Å². The van der Waals surface area contributed by atoms with Crippen LogP contribution in [0, 0.1) is 0 Å². The van der Waals surface area contributed by atoms with Crippen molar-refractivity contribution >= 4 is 11.3 Å². The lowest BCUT2D eigenvalue weighted by Crippen LogP contribution is -2.18. The Morgan fingerprint density at radius 1 is 1.25 bits per heavy atom. The minimum absolute atomic E-state index is 0.0901. The van der Waals surface area contributed by atoms with Crippen LogP contribution >= 0.6 is 11.3 Å². The highest BCUT2D eigenvalue weighted by Gasteiger charge is 2.06. The number of hydrogen-bond acceptors (Lipinski definition) is 3. The molecule has 0 unspecified atom stereocenters. The second-order valence-corrected chi connectivity index (χ2v) is 4.42. The van der Waals surface area contributed by atoms with E-state index in [1.807, 2.05) is 35.7 Å². The van der Waals surface area contributed by atoms with Gasteiger partial charge in [-0.05, 0) is 12.1 Å². The van der Waals surface area contributed by atoms with E-state index in [1.165, 1.54) is 11.3 Å². The quantitative estimate of drug-likeness (QED) is 0.870. The third kappa shape index (κ3) is 2.40. The number of nitrogens with two attached hydrogens (primary N) is 1. The van der Waals surface area contributed by atoms with Gasteiger partial charge >= 0.3 is 4.87 Å². The van der Waals surface area contributed by atoms with Crippen LogP contribution in [0.1, 0.15) is 11.3 Å². The highest BCUT2D eigenvalue weighted by atomic mass is 32.1. The second-order valence-electron chi connectivity index (χ2n) is 3.60. The molecule has 0 radical (unpaired) electrons. The van der Waals surface area contributed by atoms with Gasteiger partial charge < -0.3 is 5.73 Å². The normalized spacial score (nSPS) is 10.6. The monoisotopic (exact) mass is 234 g/mol. The van der Waals surface area contributed by atoms with E-state index >= 15 is 0 Å². The van der Waals surface area contributed by atoms with Gasteiger partial charge in [0.15, 0.2) is 0 Å². The van der Waals surface area contributed by atoms with Gasteiger partial charge in [-0.2, -0.15) is 0 Å². The summed E-state index contributed by atoms with van der Waals surface area (Å²) >= 11 is 1.24. The molecule has 16 heavy (non-hydrogen) atoms. The van der Waals surface area contributed by atoms with E-state index in [4.69, 9.17) is 5.73 Å². The van der Waals surface area contributed by atoms with Crippen molar-refractivity contribution in [2.45, 2.75) is 13.0 Å². The zero-order chi connectivity index (χ0) is 11.4. The topological polar surface area (TPSA) is 48.0 Å². The molecule has 3 nitrogen and oxygen atoms in total. The summed E-state index contributed by atoms with van der Waals surface area (Å²) in [4.78, 5) is 11.7. The molecule has 1 aromatic heterocycles. The number of thiazole rings is 1. The van der Waals surface area contributed by atoms with Crippen LogP contribution in [0.2, 0.25) is 0 Å². The molecular weight excluding hydrogens is 220 g/mol. The Morgan fingerprint density at radius 2 is 2.00 bits per heavy atom. The molecule has 0 saturated heterocycles. The lowest BCUT2D eigenvalue weighted by atomic mass is 10.2. The molecule has 2 aromatic rings. The predicted molar refractivity (Wildman–Crippen MR) is 66.9 cm³/mol. The van der Waals surface area contributed by atoms with Gasteiger partial charge in [0.1, 0.15) is 0 Å². The van der Waals surface area contributed by atoms with Gasteiger partial charge in [-0.3, -0.25) is 9.36 Å². The summed E-state index contributed by atoms with van der Waals surface area (Å²) in [6.45, 7) is 1.21. The van der Waals surface area contributed by atoms with E-state index in [-0.39, 0.29) is 4.87 Å². The maximum atomic E-state index is 11.7. The smallest absolute Gasteiger partial charge is 0.307 e. The molecule has 0 amide bonds. The third-order valence-electron chi connectivity index (χ3n) is 2.45. The van der Waals surface area contributed by atoms with Crippen molar-refractivity contribution < 1.29 is 0 Å². The first-order valence-electron chi connectivity index (χ1n) is 5.22. The summed E-state index contributed by atoms with van der Waals surface area (Å²) in [5.41, 5.74) is 7.69. The summed E-state index contributed by atoms with van der Waals surface area (Å²) in [6, 6.07) is 9.98. The minimum Gasteiger partial charge on any atom is -0.330 e. The van der Waals surface area contributed by atoms with Gasteiger partial charge in [0.25, 0.3) is 0 Å². The summed E-state index contributed by atoms with van der Waals surface area (Å²) in [5.74, 6) is 0. The molecule has 0 aliphatic carbocycles. The molecule has 1 aromatic carbocycles. The SMILES string of the molecule is NCCc1csc(=O)n1Cc1ccccc1. The van der Waals surface area contributed by atoms with Crippen molar-refractivity contribution in [1.29, 1.82) is 0 Å². The van der Waals surface area contributed by atoms with Crippen LogP contribution in [0.4, 0.5) is 0 Å². The Morgan fingerprint density at radius 3 is 2.69 bits per heavy atom. The molecule has 0 saturated carbocycles. The first-order chi connectivity index (χ1) is 7.81. The van der Waals surface area contributed by atoms with Crippen LogP contribution in [-0.2, 0) is 13.0 Å². The minimum atomic E-state index is 0.0901. The van der Waals surface area contributed by atoms with Crippen molar-refractivity contribution in [2.75, 3.05) is 6.54 Å². The Hall–Kier alpha value is -1.39. The molecule has 0 bridgehead atoms. The zero-order valence-electron chi connectivity index (χ0n) is 8.93. The highest BCUT2D eigenvalue weighted by molar-refractivity contribution is 7.07. The van der Waals surface area contributed by atoms with Gasteiger partial charge in [0.2, 0.25) is 0 Å². The van der Waals surface area contributed by atoms with Crippen molar-refractivity contribution in [3.05, 3.63) is 56.6 Å². The van der Waals surface area contributed by atoms with Crippen molar-refractivity contribution in [3.8, 4) is 0 Å².